The van der Waals surface area contributed by atoms with Gasteiger partial charge in [0.05, 0.1) is 13.2 Å². The normalized spacial score (nSPS) is 30.9. The summed E-state index contributed by atoms with van der Waals surface area (Å²) < 4.78 is 11.6. The highest BCUT2D eigenvalue weighted by Gasteiger charge is 2.45. The molecule has 10 unspecified atom stereocenters. The Morgan fingerprint density at radius 3 is 1.29 bits per heavy atom. The summed E-state index contributed by atoms with van der Waals surface area (Å²) in [6, 6.07) is 19.9. The Morgan fingerprint density at radius 1 is 0.521 bits per heavy atom. The van der Waals surface area contributed by atoms with Crippen LogP contribution >= 0.6 is 22.7 Å². The van der Waals surface area contributed by atoms with Gasteiger partial charge in [0, 0.05) is 32.4 Å². The summed E-state index contributed by atoms with van der Waals surface area (Å²) in [7, 11) is 0. The van der Waals surface area contributed by atoms with Gasteiger partial charge >= 0.3 is 0 Å². The van der Waals surface area contributed by atoms with Crippen molar-refractivity contribution in [1.29, 1.82) is 0 Å². The molecule has 12 heteroatoms. The van der Waals surface area contributed by atoms with E-state index in [4.69, 9.17) is 9.47 Å². The molecule has 8 N–H and O–H groups in total. The van der Waals surface area contributed by atoms with E-state index in [9.17, 15) is 40.9 Å². The molecule has 10 nitrogen and oxygen atoms in total. The Hall–Kier alpha value is -2.56. The van der Waals surface area contributed by atoms with Gasteiger partial charge in [-0.25, -0.2) is 0 Å². The van der Waals surface area contributed by atoms with Crippen LogP contribution < -0.4 is 0 Å². The van der Waals surface area contributed by atoms with E-state index < -0.39 is 74.3 Å². The fourth-order valence-corrected chi connectivity index (χ4v) is 8.61. The van der Waals surface area contributed by atoms with E-state index in [1.807, 2.05) is 50.2 Å². The van der Waals surface area contributed by atoms with E-state index in [1.165, 1.54) is 0 Å². The van der Waals surface area contributed by atoms with Crippen LogP contribution in [0.5, 0.6) is 0 Å². The number of aryl methyl sites for hydroxylation is 2. The molecule has 258 valence electrons. The van der Waals surface area contributed by atoms with E-state index in [2.05, 4.69) is 24.3 Å². The smallest absolute Gasteiger partial charge is 0.113 e. The van der Waals surface area contributed by atoms with Gasteiger partial charge in [0.1, 0.15) is 61.0 Å². The lowest BCUT2D eigenvalue weighted by molar-refractivity contribution is -0.231. The van der Waals surface area contributed by atoms with E-state index in [1.54, 1.807) is 22.7 Å². The largest absolute Gasteiger partial charge is 0.394 e. The van der Waals surface area contributed by atoms with Crippen molar-refractivity contribution in [2.75, 3.05) is 13.2 Å². The number of hydrogen-bond donors (Lipinski definition) is 8. The molecule has 2 aliphatic rings. The van der Waals surface area contributed by atoms with Crippen LogP contribution in [0, 0.1) is 13.8 Å². The number of thiophene rings is 2. The van der Waals surface area contributed by atoms with E-state index in [-0.39, 0.29) is 0 Å². The fourth-order valence-electron chi connectivity index (χ4n) is 6.46. The first-order valence-corrected chi connectivity index (χ1v) is 17.6. The maximum atomic E-state index is 10.6. The lowest BCUT2D eigenvalue weighted by atomic mass is 9.89. The minimum absolute atomic E-state index is 0.475. The third-order valence-electron chi connectivity index (χ3n) is 9.48. The van der Waals surface area contributed by atoms with Crippen LogP contribution in [0.1, 0.15) is 55.3 Å². The molecule has 0 spiro atoms. The molecule has 4 heterocycles. The van der Waals surface area contributed by atoms with Crippen LogP contribution in [-0.2, 0) is 22.3 Å². The van der Waals surface area contributed by atoms with Crippen LogP contribution in [0.2, 0.25) is 0 Å². The van der Waals surface area contributed by atoms with Gasteiger partial charge in [-0.3, -0.25) is 0 Å². The van der Waals surface area contributed by atoms with Crippen molar-refractivity contribution in [2.45, 2.75) is 87.7 Å². The topological polar surface area (TPSA) is 180 Å². The average molecular weight is 699 g/mol. The molecule has 48 heavy (non-hydrogen) atoms. The summed E-state index contributed by atoms with van der Waals surface area (Å²) >= 11 is 3.40. The highest BCUT2D eigenvalue weighted by molar-refractivity contribution is 7.22. The summed E-state index contributed by atoms with van der Waals surface area (Å²) in [6.45, 7) is 3.08. The molecular formula is C36H42O10S2. The predicted octanol–water partition coefficient (Wildman–Crippen LogP) is 2.30. The summed E-state index contributed by atoms with van der Waals surface area (Å²) in [5.41, 5.74) is 5.55. The number of aliphatic hydroxyl groups is 8. The van der Waals surface area contributed by atoms with Crippen LogP contribution in [0.25, 0.3) is 9.75 Å². The molecule has 10 atom stereocenters. The van der Waals surface area contributed by atoms with Crippen molar-refractivity contribution in [2.24, 2.45) is 0 Å². The van der Waals surface area contributed by atoms with Gasteiger partial charge in [0.25, 0.3) is 0 Å². The molecule has 6 rings (SSSR count). The first-order valence-electron chi connectivity index (χ1n) is 16.0. The van der Waals surface area contributed by atoms with Gasteiger partial charge < -0.3 is 50.3 Å². The third kappa shape index (κ3) is 7.04. The monoisotopic (exact) mass is 698 g/mol. The SMILES string of the molecule is Cc1ccc(C2OC(CO)C(O)C(O)C2O)cc1Cc1ccc(-c2ccc(Cc3cc(C4OC(CO)C(O)C(O)C4O)ccc3C)s2)s1. The van der Waals surface area contributed by atoms with Gasteiger partial charge in [-0.2, -0.15) is 0 Å². The number of aliphatic hydroxyl groups excluding tert-OH is 8. The lowest BCUT2D eigenvalue weighted by Gasteiger charge is -2.40. The zero-order chi connectivity index (χ0) is 34.3. The number of ether oxygens (including phenoxy) is 2. The highest BCUT2D eigenvalue weighted by Crippen LogP contribution is 2.38. The van der Waals surface area contributed by atoms with Crippen LogP contribution in [0.15, 0.2) is 60.7 Å². The van der Waals surface area contributed by atoms with Gasteiger partial charge in [-0.05, 0) is 71.5 Å². The Kier molecular flexibility index (Phi) is 10.8. The Morgan fingerprint density at radius 2 is 0.917 bits per heavy atom. The average Bonchev–Trinajstić information content (AvgIpc) is 3.75. The zero-order valence-corrected chi connectivity index (χ0v) is 28.2. The van der Waals surface area contributed by atoms with Crippen molar-refractivity contribution in [3.63, 3.8) is 0 Å². The standard InChI is InChI=1S/C36H42O10S2/c1-17-3-5-19(35-33(43)31(41)29(39)25(15-37)45-35)11-21(17)13-23-7-9-27(47-23)28-10-8-24(48-28)14-22-12-20(6-4-18(22)2)36-34(44)32(42)30(40)26(16-38)46-36/h3-12,25-26,29-44H,13-16H2,1-2H3. The summed E-state index contributed by atoms with van der Waals surface area (Å²) in [6.07, 6.45) is -10.7. The molecule has 2 aliphatic heterocycles. The number of rotatable bonds is 9. The van der Waals surface area contributed by atoms with Gasteiger partial charge in [0.2, 0.25) is 0 Å². The summed E-state index contributed by atoms with van der Waals surface area (Å²) in [4.78, 5) is 4.57. The second kappa shape index (κ2) is 14.7. The minimum atomic E-state index is -1.43. The molecule has 0 amide bonds. The van der Waals surface area contributed by atoms with E-state index >= 15 is 0 Å². The van der Waals surface area contributed by atoms with Crippen molar-refractivity contribution in [1.82, 2.24) is 0 Å². The second-order valence-corrected chi connectivity index (χ2v) is 15.1. The van der Waals surface area contributed by atoms with Crippen LogP contribution in [-0.4, -0.2) is 103 Å². The van der Waals surface area contributed by atoms with E-state index in [0.29, 0.717) is 24.0 Å². The van der Waals surface area contributed by atoms with Crippen LogP contribution in [0.3, 0.4) is 0 Å². The Balaban J connectivity index is 1.16. The molecule has 0 bridgehead atoms. The van der Waals surface area contributed by atoms with E-state index in [0.717, 1.165) is 41.8 Å². The third-order valence-corrected chi connectivity index (χ3v) is 11.8. The second-order valence-electron chi connectivity index (χ2n) is 12.8. The number of benzene rings is 2. The summed E-state index contributed by atoms with van der Waals surface area (Å²) in [5, 5.41) is 81.4. The molecule has 0 saturated carbocycles. The number of hydrogen-bond acceptors (Lipinski definition) is 12. The van der Waals surface area contributed by atoms with Crippen LogP contribution in [0.4, 0.5) is 0 Å². The highest BCUT2D eigenvalue weighted by atomic mass is 32.1. The fraction of sp³-hybridized carbons (Fsp3) is 0.444. The zero-order valence-electron chi connectivity index (χ0n) is 26.6. The van der Waals surface area contributed by atoms with Gasteiger partial charge in [0.15, 0.2) is 0 Å². The lowest BCUT2D eigenvalue weighted by Crippen LogP contribution is -2.55. The minimum Gasteiger partial charge on any atom is -0.394 e. The maximum Gasteiger partial charge on any atom is 0.113 e. The Labute approximate surface area is 286 Å². The van der Waals surface area contributed by atoms with Crippen molar-refractivity contribution in [3.05, 3.63) is 104 Å². The van der Waals surface area contributed by atoms with Crippen molar-refractivity contribution >= 4 is 22.7 Å². The summed E-state index contributed by atoms with van der Waals surface area (Å²) in [5.74, 6) is 0. The quantitative estimate of drug-likeness (QED) is 0.129. The molecule has 2 aromatic carbocycles. The molecule has 0 aliphatic carbocycles. The molecular weight excluding hydrogens is 657 g/mol. The molecule has 0 radical (unpaired) electrons. The van der Waals surface area contributed by atoms with Crippen molar-refractivity contribution < 1.29 is 50.3 Å². The molecule has 4 aromatic rings. The molecule has 2 aromatic heterocycles. The maximum absolute atomic E-state index is 10.6. The predicted molar refractivity (Wildman–Crippen MR) is 181 cm³/mol. The first kappa shape index (κ1) is 35.3. The molecule has 2 fully saturated rings. The van der Waals surface area contributed by atoms with Crippen molar-refractivity contribution in [3.8, 4) is 9.75 Å². The molecule has 2 saturated heterocycles. The Bertz CT molecular complexity index is 1580. The van der Waals surface area contributed by atoms with Gasteiger partial charge in [-0.1, -0.05) is 36.4 Å². The first-order chi connectivity index (χ1) is 23.0. The van der Waals surface area contributed by atoms with Gasteiger partial charge in [-0.15, -0.1) is 22.7 Å².